The molecule has 1 saturated carbocycles. The van der Waals surface area contributed by atoms with Gasteiger partial charge in [0.2, 0.25) is 5.91 Å². The van der Waals surface area contributed by atoms with E-state index in [1.165, 1.54) is 0 Å². The first-order valence-electron chi connectivity index (χ1n) is 7.05. The maximum atomic E-state index is 12.6. The molecule has 0 spiro atoms. The highest BCUT2D eigenvalue weighted by Crippen LogP contribution is 2.34. The summed E-state index contributed by atoms with van der Waals surface area (Å²) in [5, 5.41) is 0. The quantitative estimate of drug-likeness (QED) is 0.757. The third kappa shape index (κ3) is 3.22. The molecule has 1 amide bonds. The predicted molar refractivity (Wildman–Crippen MR) is 76.6 cm³/mol. The van der Waals surface area contributed by atoms with E-state index in [1.807, 2.05) is 36.1 Å². The lowest BCUT2D eigenvalue weighted by Crippen LogP contribution is -2.36. The molecule has 1 heterocycles. The largest absolute Gasteiger partial charge is 0.328 e. The van der Waals surface area contributed by atoms with E-state index in [-0.39, 0.29) is 11.9 Å². The summed E-state index contributed by atoms with van der Waals surface area (Å²) in [4.78, 5) is 18.9. The van der Waals surface area contributed by atoms with Crippen LogP contribution < -0.4 is 0 Å². The van der Waals surface area contributed by atoms with Crippen LogP contribution in [0.2, 0.25) is 0 Å². The van der Waals surface area contributed by atoms with Gasteiger partial charge in [-0.3, -0.25) is 9.78 Å². The van der Waals surface area contributed by atoms with Gasteiger partial charge < -0.3 is 4.90 Å². The zero-order valence-electron chi connectivity index (χ0n) is 12.0. The van der Waals surface area contributed by atoms with Crippen LogP contribution in [-0.4, -0.2) is 21.8 Å². The number of allylic oxidation sites excluding steroid dienone is 1. The van der Waals surface area contributed by atoms with Crippen LogP contribution in [0.4, 0.5) is 0 Å². The summed E-state index contributed by atoms with van der Waals surface area (Å²) < 4.78 is 0. The van der Waals surface area contributed by atoms with Crippen molar-refractivity contribution in [1.82, 2.24) is 9.88 Å². The van der Waals surface area contributed by atoms with Gasteiger partial charge in [-0.1, -0.05) is 19.1 Å². The van der Waals surface area contributed by atoms with Crippen LogP contribution in [0.5, 0.6) is 0 Å². The Kier molecular flexibility index (Phi) is 4.35. The average Bonchev–Trinajstić information content (AvgIpc) is 3.24. The molecule has 1 aliphatic rings. The fourth-order valence-corrected chi connectivity index (χ4v) is 2.37. The molecular formula is C16H22N2O. The number of carbonyl (C=O) groups is 1. The van der Waals surface area contributed by atoms with Crippen molar-refractivity contribution in [1.29, 1.82) is 0 Å². The Hall–Kier alpha value is -1.64. The number of hydrogen-bond acceptors (Lipinski definition) is 2. The highest BCUT2D eigenvalue weighted by atomic mass is 16.2. The monoisotopic (exact) mass is 258 g/mol. The maximum absolute atomic E-state index is 12.6. The molecule has 0 N–H and O–H groups in total. The van der Waals surface area contributed by atoms with Gasteiger partial charge in [0.25, 0.3) is 0 Å². The molecule has 1 aromatic rings. The first-order chi connectivity index (χ1) is 9.15. The molecule has 3 heteroatoms. The summed E-state index contributed by atoms with van der Waals surface area (Å²) in [7, 11) is 0. The third-order valence-electron chi connectivity index (χ3n) is 3.56. The van der Waals surface area contributed by atoms with Gasteiger partial charge in [0, 0.05) is 17.8 Å². The van der Waals surface area contributed by atoms with Gasteiger partial charge in [0.05, 0.1) is 11.7 Å². The highest BCUT2D eigenvalue weighted by Gasteiger charge is 2.36. The van der Waals surface area contributed by atoms with Crippen molar-refractivity contribution in [3.8, 4) is 0 Å². The Labute approximate surface area is 115 Å². The molecule has 102 valence electrons. The number of amides is 1. The Bertz CT molecular complexity index is 463. The van der Waals surface area contributed by atoms with E-state index in [9.17, 15) is 4.79 Å². The summed E-state index contributed by atoms with van der Waals surface area (Å²) in [6.45, 7) is 6.03. The van der Waals surface area contributed by atoms with Crippen molar-refractivity contribution < 1.29 is 4.79 Å². The van der Waals surface area contributed by atoms with Crippen molar-refractivity contribution in [2.75, 3.05) is 0 Å². The van der Waals surface area contributed by atoms with E-state index in [4.69, 9.17) is 0 Å². The van der Waals surface area contributed by atoms with Gasteiger partial charge in [-0.2, -0.15) is 0 Å². The highest BCUT2D eigenvalue weighted by molar-refractivity contribution is 5.93. The normalized spacial score (nSPS) is 17.1. The number of nitrogens with zero attached hydrogens (tertiary/aromatic N) is 2. The Balaban J connectivity index is 2.21. The Morgan fingerprint density at radius 1 is 1.53 bits per heavy atom. The molecule has 0 radical (unpaired) electrons. The van der Waals surface area contributed by atoms with Gasteiger partial charge >= 0.3 is 0 Å². The second kappa shape index (κ2) is 6.00. The summed E-state index contributed by atoms with van der Waals surface area (Å²) >= 11 is 0. The molecule has 0 saturated heterocycles. The molecular weight excluding hydrogens is 236 g/mol. The minimum Gasteiger partial charge on any atom is -0.328 e. The summed E-state index contributed by atoms with van der Waals surface area (Å²) in [5.74, 6) is 0.155. The minimum absolute atomic E-state index is 0.0430. The van der Waals surface area contributed by atoms with Crippen LogP contribution in [0.25, 0.3) is 0 Å². The second-order valence-corrected chi connectivity index (χ2v) is 5.17. The van der Waals surface area contributed by atoms with E-state index in [0.29, 0.717) is 6.04 Å². The molecule has 0 bridgehead atoms. The molecule has 1 fully saturated rings. The van der Waals surface area contributed by atoms with Gasteiger partial charge in [0.1, 0.15) is 0 Å². The fraction of sp³-hybridized carbons (Fsp3) is 0.500. The third-order valence-corrected chi connectivity index (χ3v) is 3.56. The lowest BCUT2D eigenvalue weighted by molar-refractivity contribution is -0.129. The number of pyridine rings is 1. The van der Waals surface area contributed by atoms with Crippen molar-refractivity contribution in [2.24, 2.45) is 0 Å². The van der Waals surface area contributed by atoms with Crippen LogP contribution in [0.15, 0.2) is 36.0 Å². The van der Waals surface area contributed by atoms with Gasteiger partial charge in [-0.05, 0) is 45.2 Å². The van der Waals surface area contributed by atoms with Crippen molar-refractivity contribution in [3.05, 3.63) is 41.7 Å². The first-order valence-corrected chi connectivity index (χ1v) is 7.05. The molecule has 1 unspecified atom stereocenters. The van der Waals surface area contributed by atoms with Crippen LogP contribution in [-0.2, 0) is 4.79 Å². The molecule has 0 aliphatic heterocycles. The minimum atomic E-state index is 0.0430. The fourth-order valence-electron chi connectivity index (χ4n) is 2.37. The summed E-state index contributed by atoms with van der Waals surface area (Å²) in [6, 6.07) is 6.31. The first kappa shape index (κ1) is 13.8. The molecule has 19 heavy (non-hydrogen) atoms. The standard InChI is InChI=1S/C16H22N2O/c1-4-7-12(2)16(19)18(14-9-10-14)13(3)15-8-5-6-11-17-15/h5-8,11,13-14H,4,9-10H2,1-3H3. The van der Waals surface area contributed by atoms with E-state index in [0.717, 1.165) is 30.5 Å². The van der Waals surface area contributed by atoms with E-state index in [2.05, 4.69) is 18.8 Å². The second-order valence-electron chi connectivity index (χ2n) is 5.17. The van der Waals surface area contributed by atoms with Crippen LogP contribution in [0.1, 0.15) is 51.8 Å². The maximum Gasteiger partial charge on any atom is 0.249 e. The van der Waals surface area contributed by atoms with Crippen LogP contribution in [0, 0.1) is 0 Å². The van der Waals surface area contributed by atoms with Crippen molar-refractivity contribution in [2.45, 2.75) is 52.1 Å². The summed E-state index contributed by atoms with van der Waals surface area (Å²) in [5.41, 5.74) is 1.81. The van der Waals surface area contributed by atoms with Gasteiger partial charge in [0.15, 0.2) is 0 Å². The molecule has 1 atom stereocenters. The lowest BCUT2D eigenvalue weighted by atomic mass is 10.1. The number of rotatable bonds is 5. The Morgan fingerprint density at radius 3 is 2.79 bits per heavy atom. The van der Waals surface area contributed by atoms with Crippen molar-refractivity contribution >= 4 is 5.91 Å². The number of carbonyl (C=O) groups excluding carboxylic acids is 1. The average molecular weight is 258 g/mol. The predicted octanol–water partition coefficient (Wildman–Crippen LogP) is 3.49. The van der Waals surface area contributed by atoms with E-state index >= 15 is 0 Å². The lowest BCUT2D eigenvalue weighted by Gasteiger charge is -2.29. The zero-order chi connectivity index (χ0) is 13.8. The smallest absolute Gasteiger partial charge is 0.249 e. The Morgan fingerprint density at radius 2 is 2.26 bits per heavy atom. The van der Waals surface area contributed by atoms with E-state index in [1.54, 1.807) is 6.20 Å². The van der Waals surface area contributed by atoms with Crippen LogP contribution in [0.3, 0.4) is 0 Å². The molecule has 0 aromatic carbocycles. The van der Waals surface area contributed by atoms with Crippen molar-refractivity contribution in [3.63, 3.8) is 0 Å². The molecule has 3 nitrogen and oxygen atoms in total. The van der Waals surface area contributed by atoms with Gasteiger partial charge in [-0.25, -0.2) is 0 Å². The van der Waals surface area contributed by atoms with Gasteiger partial charge in [-0.15, -0.1) is 0 Å². The zero-order valence-corrected chi connectivity index (χ0v) is 12.0. The number of aromatic nitrogens is 1. The number of hydrogen-bond donors (Lipinski definition) is 0. The van der Waals surface area contributed by atoms with E-state index < -0.39 is 0 Å². The molecule has 1 aliphatic carbocycles. The molecule has 2 rings (SSSR count). The van der Waals surface area contributed by atoms with Crippen LogP contribution >= 0.6 is 0 Å². The molecule has 1 aromatic heterocycles. The topological polar surface area (TPSA) is 33.2 Å². The SMILES string of the molecule is CCC=C(C)C(=O)N(C1CC1)C(C)c1ccccn1. The summed E-state index contributed by atoms with van der Waals surface area (Å²) in [6.07, 6.45) is 6.91.